The Morgan fingerprint density at radius 1 is 0.779 bits per heavy atom. The average Bonchev–Trinajstić information content (AvgIpc) is 4.14. The number of amidine groups is 1. The number of hydrogen-bond acceptors (Lipinski definition) is 14. The Bertz CT molecular complexity index is 2370. The Hall–Kier alpha value is -4.81. The molecule has 0 saturated carbocycles. The van der Waals surface area contributed by atoms with Crippen LogP contribution in [0.2, 0.25) is 0 Å². The van der Waals surface area contributed by atoms with E-state index in [4.69, 9.17) is 42.6 Å². The van der Waals surface area contributed by atoms with Crippen LogP contribution < -0.4 is 41.0 Å². The standard InChI is InChI=1S/C24H28N4O3S.C15H23N4OPS2.C10H11BrO2/c1-2-30-20-7-5-6-17(16-20)21(29)22-23(25)27-24(32-22)26-18-8-10-19(11-9-18)31-15-14-28-12-3-4-13-28;16-14(23-11-21)18-15(22)17-12-3-5-13(6-4-12)20-10-9-19-7-1-2-8-19;1-2-13-9-5-3-4-8(6-9)10(12)7-11/h5-11,16H,2-4,12-15,25H2,1H3,(H,26,27);3-6H,1-2,7-11,21H2,(H3,16,17,18,22);3-6H,2,7H2,1H3. The molecule has 1 aromatic heterocycles. The number of likely N-dealkylation sites (tertiary alicyclic amines) is 2. The highest BCUT2D eigenvalue weighted by Gasteiger charge is 2.19. The molecule has 1 unspecified atom stereocenters. The quantitative estimate of drug-likeness (QED) is 0.0144. The van der Waals surface area contributed by atoms with Gasteiger partial charge >= 0.3 is 0 Å². The van der Waals surface area contributed by atoms with Crippen LogP contribution in [0.1, 0.15) is 65.1 Å². The number of Topliss-reactive ketones (excluding diaryl/α,β-unsaturated/α-hetero) is 1. The predicted octanol–water partition coefficient (Wildman–Crippen LogP) is 9.97. The molecule has 2 aliphatic heterocycles. The summed E-state index contributed by atoms with van der Waals surface area (Å²) < 4.78 is 22.4. The van der Waals surface area contributed by atoms with Crippen molar-refractivity contribution >= 4 is 105 Å². The molecule has 0 amide bonds. The summed E-state index contributed by atoms with van der Waals surface area (Å²) in [5.41, 5.74) is 15.5. The first kappa shape index (κ1) is 54.1. The van der Waals surface area contributed by atoms with Gasteiger partial charge in [-0.2, -0.15) is 4.99 Å². The molecule has 364 valence electrons. The monoisotopic (exact) mass is 1060 g/mol. The number of carbonyl (C=O) groups excluding carboxylic acids is 2. The van der Waals surface area contributed by atoms with Crippen molar-refractivity contribution in [3.05, 3.63) is 113 Å². The Labute approximate surface area is 424 Å². The van der Waals surface area contributed by atoms with Gasteiger partial charge in [-0.25, -0.2) is 4.98 Å². The molecule has 0 radical (unpaired) electrons. The number of aliphatic imine (C=N–C) groups is 1. The number of thioether (sulfide) groups is 1. The maximum Gasteiger partial charge on any atom is 0.206 e. The first-order valence-electron chi connectivity index (χ1n) is 22.6. The number of aromatic nitrogens is 1. The first-order chi connectivity index (χ1) is 33.1. The van der Waals surface area contributed by atoms with Gasteiger partial charge in [0.15, 0.2) is 21.2 Å². The molecule has 7 rings (SSSR count). The zero-order valence-electron chi connectivity index (χ0n) is 38.6. The summed E-state index contributed by atoms with van der Waals surface area (Å²) in [4.78, 5) is 37.9. The number of hydrogen-bond donors (Lipinski definition) is 4. The lowest BCUT2D eigenvalue weighted by molar-refractivity contribution is 0.102. The molecule has 14 nitrogen and oxygen atoms in total. The highest BCUT2D eigenvalue weighted by Crippen LogP contribution is 2.31. The molecule has 0 aliphatic carbocycles. The predicted molar refractivity (Wildman–Crippen MR) is 292 cm³/mol. The number of ketones is 2. The number of thiazole rings is 1. The zero-order valence-corrected chi connectivity index (χ0v) is 43.8. The Kier molecular flexibility index (Phi) is 23.8. The van der Waals surface area contributed by atoms with Gasteiger partial charge in [0.1, 0.15) is 46.9 Å². The number of ether oxygens (including phenoxy) is 4. The molecule has 4 aromatic carbocycles. The minimum absolute atomic E-state index is 0.0709. The van der Waals surface area contributed by atoms with Crippen molar-refractivity contribution in [3.8, 4) is 23.0 Å². The molecule has 5 aromatic rings. The number of benzene rings is 4. The van der Waals surface area contributed by atoms with Crippen molar-refractivity contribution in [2.75, 3.05) is 92.9 Å². The molecule has 0 bridgehead atoms. The van der Waals surface area contributed by atoms with Gasteiger partial charge in [0, 0.05) is 41.1 Å². The molecule has 19 heteroatoms. The minimum Gasteiger partial charge on any atom is -0.494 e. The van der Waals surface area contributed by atoms with E-state index in [0.29, 0.717) is 62.3 Å². The van der Waals surface area contributed by atoms with Crippen molar-refractivity contribution < 1.29 is 28.5 Å². The van der Waals surface area contributed by atoms with Crippen molar-refractivity contribution in [3.63, 3.8) is 0 Å². The molecule has 0 spiro atoms. The van der Waals surface area contributed by atoms with Crippen LogP contribution in [-0.2, 0) is 0 Å². The number of nitrogens with zero attached hydrogens (tertiary/aromatic N) is 4. The molecule has 3 heterocycles. The van der Waals surface area contributed by atoms with E-state index in [2.05, 4.69) is 55.6 Å². The van der Waals surface area contributed by atoms with Crippen LogP contribution in [0.15, 0.2) is 102 Å². The van der Waals surface area contributed by atoms with Gasteiger partial charge in [-0.3, -0.25) is 19.4 Å². The number of nitrogens with two attached hydrogens (primary N) is 2. The van der Waals surface area contributed by atoms with E-state index in [0.717, 1.165) is 53.8 Å². The minimum atomic E-state index is -0.170. The Balaban J connectivity index is 0.000000209. The van der Waals surface area contributed by atoms with E-state index in [1.165, 1.54) is 75.0 Å². The molecule has 2 aliphatic rings. The average molecular weight is 1070 g/mol. The van der Waals surface area contributed by atoms with Gasteiger partial charge in [0.2, 0.25) is 5.78 Å². The van der Waals surface area contributed by atoms with Gasteiger partial charge < -0.3 is 41.0 Å². The van der Waals surface area contributed by atoms with Crippen molar-refractivity contribution in [1.29, 1.82) is 0 Å². The lowest BCUT2D eigenvalue weighted by Gasteiger charge is -2.15. The number of anilines is 4. The lowest BCUT2D eigenvalue weighted by Crippen LogP contribution is -2.25. The fraction of sp³-hybridized carbons (Fsp3) is 0.367. The smallest absolute Gasteiger partial charge is 0.206 e. The molecule has 1 atom stereocenters. The van der Waals surface area contributed by atoms with Gasteiger partial charge in [-0.1, -0.05) is 63.3 Å². The maximum absolute atomic E-state index is 12.9. The number of thiocarbonyl (C=S) groups is 1. The van der Waals surface area contributed by atoms with E-state index in [1.807, 2.05) is 80.6 Å². The van der Waals surface area contributed by atoms with Crippen molar-refractivity contribution in [2.45, 2.75) is 39.5 Å². The summed E-state index contributed by atoms with van der Waals surface area (Å²) in [6.45, 7) is 13.1. The molecule has 2 saturated heterocycles. The molecular formula is C49H62BrN8O6PS3. The van der Waals surface area contributed by atoms with Crippen LogP contribution in [0.4, 0.5) is 22.3 Å². The highest BCUT2D eigenvalue weighted by molar-refractivity contribution is 9.09. The van der Waals surface area contributed by atoms with Gasteiger partial charge in [0.25, 0.3) is 0 Å². The largest absolute Gasteiger partial charge is 0.494 e. The lowest BCUT2D eigenvalue weighted by atomic mass is 10.1. The second kappa shape index (κ2) is 29.9. The van der Waals surface area contributed by atoms with Crippen LogP contribution in [0, 0.1) is 0 Å². The van der Waals surface area contributed by atoms with E-state index in [1.54, 1.807) is 30.3 Å². The number of halogens is 1. The summed E-state index contributed by atoms with van der Waals surface area (Å²) in [6.07, 6.45) is 5.19. The number of nitrogens with one attached hydrogen (secondary N) is 2. The van der Waals surface area contributed by atoms with Gasteiger partial charge in [-0.05, 0) is 151 Å². The fourth-order valence-corrected chi connectivity index (χ4v) is 9.24. The topological polar surface area (TPSA) is 179 Å². The van der Waals surface area contributed by atoms with Crippen LogP contribution in [0.5, 0.6) is 23.0 Å². The SMILES string of the molecule is CCOc1cccc(C(=O)CBr)c1.CCOc1cccc(C(=O)c2sc(Nc3ccc(OCCN4CCCC4)cc3)nc2N)c1.NC(=NC(=S)Nc1ccc(OCCN2CCCC2)cc1)SCP. The highest BCUT2D eigenvalue weighted by atomic mass is 79.9. The zero-order chi connectivity index (χ0) is 48.5. The normalized spacial score (nSPS) is 13.6. The van der Waals surface area contributed by atoms with E-state index in [-0.39, 0.29) is 17.4 Å². The second-order valence-corrected chi connectivity index (χ2v) is 19.2. The Morgan fingerprint density at radius 3 is 1.81 bits per heavy atom. The summed E-state index contributed by atoms with van der Waals surface area (Å²) in [5.74, 6) is 3.21. The van der Waals surface area contributed by atoms with Gasteiger partial charge in [-0.15, -0.1) is 9.24 Å². The molecule has 68 heavy (non-hydrogen) atoms. The maximum atomic E-state index is 12.9. The summed E-state index contributed by atoms with van der Waals surface area (Å²) >= 11 is 10.9. The van der Waals surface area contributed by atoms with Crippen LogP contribution in [-0.4, -0.2) is 113 Å². The third-order valence-corrected chi connectivity index (χ3v) is 13.0. The van der Waals surface area contributed by atoms with E-state index < -0.39 is 0 Å². The summed E-state index contributed by atoms with van der Waals surface area (Å²) in [6, 6.07) is 29.7. The summed E-state index contributed by atoms with van der Waals surface area (Å²) in [7, 11) is 2.58. The van der Waals surface area contributed by atoms with Crippen LogP contribution in [0.25, 0.3) is 0 Å². The first-order valence-corrected chi connectivity index (χ1v) is 26.7. The van der Waals surface area contributed by atoms with E-state index in [9.17, 15) is 9.59 Å². The second-order valence-electron chi connectivity index (χ2n) is 15.2. The number of nitrogen functional groups attached to an aromatic ring is 1. The third kappa shape index (κ3) is 18.9. The molecule has 6 N–H and O–H groups in total. The molecule has 2 fully saturated rings. The number of carbonyl (C=O) groups is 2. The molecular weight excluding hydrogens is 1000 g/mol. The van der Waals surface area contributed by atoms with Crippen LogP contribution >= 0.6 is 60.5 Å². The van der Waals surface area contributed by atoms with Crippen LogP contribution in [0.3, 0.4) is 0 Å². The fourth-order valence-electron chi connectivity index (χ4n) is 6.94. The Morgan fingerprint density at radius 2 is 1.29 bits per heavy atom. The van der Waals surface area contributed by atoms with Crippen molar-refractivity contribution in [1.82, 2.24) is 14.8 Å². The number of rotatable bonds is 20. The van der Waals surface area contributed by atoms with E-state index >= 15 is 0 Å². The third-order valence-electron chi connectivity index (χ3n) is 10.3. The van der Waals surface area contributed by atoms with Crippen molar-refractivity contribution in [2.24, 2.45) is 10.7 Å². The summed E-state index contributed by atoms with van der Waals surface area (Å²) in [5, 5.41) is 7.99. The van der Waals surface area contributed by atoms with Gasteiger partial charge in [0.05, 0.1) is 18.5 Å². The number of alkyl halides is 1.